The molecular weight excluding hydrogens is 139 g/mol. The van der Waals surface area contributed by atoms with Crippen molar-refractivity contribution in [2.24, 2.45) is 0 Å². The molecule has 1 aromatic rings. The summed E-state index contributed by atoms with van der Waals surface area (Å²) in [6, 6.07) is 10.7. The number of hydrogen-bond acceptors (Lipinski definition) is 0. The molecule has 1 rings (SSSR count). The van der Waals surface area contributed by atoms with Gasteiger partial charge in [-0.25, -0.2) is 0 Å². The molecule has 0 aromatic heterocycles. The fourth-order valence-electron chi connectivity index (χ4n) is 1.61. The van der Waals surface area contributed by atoms with Gasteiger partial charge < -0.3 is 0 Å². The topological polar surface area (TPSA) is 0 Å². The van der Waals surface area contributed by atoms with Crippen LogP contribution in [-0.4, -0.2) is 17.7 Å². The molecule has 0 heterocycles. The van der Waals surface area contributed by atoms with Crippen LogP contribution in [0.25, 0.3) is 0 Å². The van der Waals surface area contributed by atoms with Crippen molar-refractivity contribution in [3.05, 3.63) is 35.9 Å². The third-order valence-electron chi connectivity index (χ3n) is 2.21. The first-order valence-corrected chi connectivity index (χ1v) is 4.87. The summed E-state index contributed by atoms with van der Waals surface area (Å²) in [5.41, 5.74) is 1.47. The molecule has 0 bridgehead atoms. The van der Waals surface area contributed by atoms with Crippen LogP contribution in [0.5, 0.6) is 0 Å². The van der Waals surface area contributed by atoms with E-state index in [1.165, 1.54) is 24.8 Å². The fourth-order valence-corrected chi connectivity index (χ4v) is 1.61. The monoisotopic (exact) mass is 154 g/mol. The van der Waals surface area contributed by atoms with Crippen molar-refractivity contribution in [3.8, 4) is 0 Å². The van der Waals surface area contributed by atoms with Crippen molar-refractivity contribution in [2.75, 3.05) is 0 Å². The van der Waals surface area contributed by atoms with Crippen LogP contribution < -0.4 is 0 Å². The molecule has 0 nitrogen and oxygen atoms in total. The van der Waals surface area contributed by atoms with Gasteiger partial charge in [0.25, 0.3) is 0 Å². The molecular formula is C11H15Li. The average Bonchev–Trinajstić information content (AvgIpc) is 2.06. The molecule has 60 valence electrons. The zero-order valence-electron chi connectivity index (χ0n) is 8.09. The van der Waals surface area contributed by atoms with Gasteiger partial charge in [0, 0.05) is 0 Å². The summed E-state index contributed by atoms with van der Waals surface area (Å²) in [5, 5.41) is 0. The molecule has 12 heavy (non-hydrogen) atoms. The van der Waals surface area contributed by atoms with Crippen molar-refractivity contribution in [1.82, 2.24) is 0 Å². The van der Waals surface area contributed by atoms with E-state index in [4.69, 9.17) is 0 Å². The molecule has 0 saturated carbocycles. The van der Waals surface area contributed by atoms with Gasteiger partial charge in [0.1, 0.15) is 0 Å². The third-order valence-corrected chi connectivity index (χ3v) is 2.21. The third kappa shape index (κ3) is 3.48. The molecule has 0 aliphatic heterocycles. The van der Waals surface area contributed by atoms with Crippen LogP contribution in [0.15, 0.2) is 30.3 Å². The Balaban J connectivity index is 2.41. The van der Waals surface area contributed by atoms with Crippen molar-refractivity contribution in [1.29, 1.82) is 0 Å². The van der Waals surface area contributed by atoms with Gasteiger partial charge in [-0.05, 0) is 0 Å². The van der Waals surface area contributed by atoms with Crippen molar-refractivity contribution >= 4 is 17.7 Å². The van der Waals surface area contributed by atoms with Crippen LogP contribution in [0.1, 0.15) is 25.3 Å². The second kappa shape index (κ2) is 5.46. The Bertz CT molecular complexity index is 206. The van der Waals surface area contributed by atoms with Crippen LogP contribution in [0.2, 0.25) is 4.59 Å². The van der Waals surface area contributed by atoms with Gasteiger partial charge in [0.05, 0.1) is 0 Å². The van der Waals surface area contributed by atoms with Gasteiger partial charge in [-0.3, -0.25) is 0 Å². The molecule has 0 saturated heterocycles. The van der Waals surface area contributed by atoms with E-state index in [0.29, 0.717) is 0 Å². The van der Waals surface area contributed by atoms with E-state index < -0.39 is 0 Å². The second-order valence-electron chi connectivity index (χ2n) is 3.58. The summed E-state index contributed by atoms with van der Waals surface area (Å²) in [6.45, 7) is 2.25. The Morgan fingerprint density at radius 3 is 2.50 bits per heavy atom. The molecule has 0 amide bonds. The molecule has 1 heteroatoms. The Labute approximate surface area is 84.6 Å². The first-order chi connectivity index (χ1) is 5.83. The van der Waals surface area contributed by atoms with Gasteiger partial charge in [0.2, 0.25) is 0 Å². The van der Waals surface area contributed by atoms with Gasteiger partial charge in [-0.2, -0.15) is 0 Å². The second-order valence-corrected chi connectivity index (χ2v) is 3.58. The molecule has 0 N–H and O–H groups in total. The minimum atomic E-state index is 0.831. The van der Waals surface area contributed by atoms with Crippen molar-refractivity contribution < 1.29 is 0 Å². The van der Waals surface area contributed by atoms with E-state index in [2.05, 4.69) is 55.0 Å². The van der Waals surface area contributed by atoms with E-state index in [9.17, 15) is 0 Å². The zero-order valence-corrected chi connectivity index (χ0v) is 8.09. The molecule has 1 unspecified atom stereocenters. The first-order valence-electron chi connectivity index (χ1n) is 4.87. The molecule has 1 atom stereocenters. The molecule has 0 spiro atoms. The van der Waals surface area contributed by atoms with Gasteiger partial charge in [-0.15, -0.1) is 0 Å². The molecule has 0 fully saturated rings. The Hall–Kier alpha value is -0.183. The van der Waals surface area contributed by atoms with Crippen LogP contribution >= 0.6 is 0 Å². The summed E-state index contributed by atoms with van der Waals surface area (Å²) in [4.78, 5) is 0. The Morgan fingerprint density at radius 2 is 1.92 bits per heavy atom. The maximum atomic E-state index is 2.33. The molecule has 0 aliphatic rings. The van der Waals surface area contributed by atoms with Crippen LogP contribution in [-0.2, 0) is 6.42 Å². The SMILES string of the molecule is [Li][CH](CCC)Cc1ccccc1. The van der Waals surface area contributed by atoms with E-state index in [0.717, 1.165) is 4.59 Å². The average molecular weight is 154 g/mol. The van der Waals surface area contributed by atoms with E-state index in [1.54, 1.807) is 0 Å². The molecule has 0 radical (unpaired) electrons. The predicted molar refractivity (Wildman–Crippen MR) is 54.6 cm³/mol. The summed E-state index contributed by atoms with van der Waals surface area (Å²) in [6.07, 6.45) is 3.87. The first kappa shape index (κ1) is 9.90. The molecule has 0 aliphatic carbocycles. The van der Waals surface area contributed by atoms with Crippen molar-refractivity contribution in [2.45, 2.75) is 30.8 Å². The standard InChI is InChI=1S/C11H15.Li/c1-2-3-5-8-11-9-6-4-7-10-11;/h4-7,9-10H,2-3,8H2,1H3;. The van der Waals surface area contributed by atoms with Crippen LogP contribution in [0, 0.1) is 0 Å². The van der Waals surface area contributed by atoms with Crippen LogP contribution in [0.3, 0.4) is 0 Å². The predicted octanol–water partition coefficient (Wildman–Crippen LogP) is 2.99. The normalized spacial score (nSPS) is 12.9. The summed E-state index contributed by atoms with van der Waals surface area (Å²) < 4.78 is 0.831. The van der Waals surface area contributed by atoms with E-state index in [-0.39, 0.29) is 0 Å². The van der Waals surface area contributed by atoms with Gasteiger partial charge >= 0.3 is 84.4 Å². The Morgan fingerprint density at radius 1 is 1.25 bits per heavy atom. The van der Waals surface area contributed by atoms with E-state index in [1.807, 2.05) is 0 Å². The minimum absolute atomic E-state index is 0.831. The quantitative estimate of drug-likeness (QED) is 0.585. The molecule has 1 aromatic carbocycles. The van der Waals surface area contributed by atoms with Gasteiger partial charge in [0.15, 0.2) is 0 Å². The van der Waals surface area contributed by atoms with Crippen LogP contribution in [0.4, 0.5) is 0 Å². The van der Waals surface area contributed by atoms with Gasteiger partial charge in [-0.1, -0.05) is 0 Å². The summed E-state index contributed by atoms with van der Waals surface area (Å²) in [5.74, 6) is 0. The number of hydrogen-bond donors (Lipinski definition) is 0. The Kier molecular flexibility index (Phi) is 4.51. The maximum absolute atomic E-state index is 2.33. The number of rotatable bonds is 4. The zero-order chi connectivity index (χ0) is 8.81. The number of benzene rings is 1. The summed E-state index contributed by atoms with van der Waals surface area (Å²) >= 11 is 2.33. The van der Waals surface area contributed by atoms with E-state index >= 15 is 0 Å². The summed E-state index contributed by atoms with van der Waals surface area (Å²) in [7, 11) is 0. The fraction of sp³-hybridized carbons (Fsp3) is 0.455. The van der Waals surface area contributed by atoms with Crippen molar-refractivity contribution in [3.63, 3.8) is 0 Å².